The Kier molecular flexibility index (Phi) is 6.21. The number of halogens is 3. The van der Waals surface area contributed by atoms with E-state index in [1.54, 1.807) is 37.3 Å². The lowest BCUT2D eigenvalue weighted by molar-refractivity contribution is -0.274. The fourth-order valence-corrected chi connectivity index (χ4v) is 2.21. The van der Waals surface area contributed by atoms with Crippen molar-refractivity contribution in [3.63, 3.8) is 0 Å². The third-order valence-electron chi connectivity index (χ3n) is 3.29. The predicted octanol–water partition coefficient (Wildman–Crippen LogP) is 3.73. The van der Waals surface area contributed by atoms with E-state index in [0.29, 0.717) is 5.56 Å². The summed E-state index contributed by atoms with van der Waals surface area (Å²) < 4.78 is 41.1. The molecule has 0 aliphatic carbocycles. The van der Waals surface area contributed by atoms with E-state index in [4.69, 9.17) is 0 Å². The summed E-state index contributed by atoms with van der Waals surface area (Å²) in [6, 6.07) is 13.2. The molecule has 2 rings (SSSR count). The number of nitrogens with one attached hydrogen (secondary N) is 2. The summed E-state index contributed by atoms with van der Waals surface area (Å²) in [5.41, 5.74) is 0.347. The molecule has 0 saturated heterocycles. The van der Waals surface area contributed by atoms with Crippen molar-refractivity contribution in [3.8, 4) is 5.75 Å². The number of alkyl halides is 3. The van der Waals surface area contributed by atoms with Gasteiger partial charge in [-0.25, -0.2) is 0 Å². The summed E-state index contributed by atoms with van der Waals surface area (Å²) in [4.78, 5) is 24.1. The molecule has 0 heterocycles. The van der Waals surface area contributed by atoms with E-state index in [2.05, 4.69) is 15.4 Å². The summed E-state index contributed by atoms with van der Waals surface area (Å²) in [6.07, 6.45) is -4.98. The van der Waals surface area contributed by atoms with E-state index in [1.165, 1.54) is 18.2 Å². The number of para-hydroxylation sites is 2. The van der Waals surface area contributed by atoms with Crippen LogP contribution in [0.1, 0.15) is 23.7 Å². The highest BCUT2D eigenvalue weighted by molar-refractivity contribution is 5.96. The van der Waals surface area contributed by atoms with Gasteiger partial charge in [-0.15, -0.1) is 13.2 Å². The molecule has 2 N–H and O–H groups in total. The molecule has 2 aromatic rings. The number of benzene rings is 2. The highest BCUT2D eigenvalue weighted by Gasteiger charge is 2.32. The lowest BCUT2D eigenvalue weighted by Gasteiger charge is -2.16. The number of ether oxygens (including phenoxy) is 1. The van der Waals surface area contributed by atoms with E-state index in [9.17, 15) is 22.8 Å². The molecule has 2 aromatic carbocycles. The predicted molar refractivity (Wildman–Crippen MR) is 89.7 cm³/mol. The van der Waals surface area contributed by atoms with Crippen LogP contribution < -0.4 is 15.4 Å². The van der Waals surface area contributed by atoms with Gasteiger partial charge in [0.05, 0.1) is 5.69 Å². The number of rotatable bonds is 6. The standard InChI is InChI=1S/C18H17F3N2O3/c1-12(22-17(25)13-7-3-2-4-8-13)11-16(24)23-14-9-5-6-10-15(14)26-18(19,20)21/h2-10,12H,11H2,1H3,(H,22,25)(H,23,24). The lowest BCUT2D eigenvalue weighted by Crippen LogP contribution is -2.35. The second-order valence-corrected chi connectivity index (χ2v) is 5.54. The Labute approximate surface area is 148 Å². The van der Waals surface area contributed by atoms with Crippen LogP contribution in [0, 0.1) is 0 Å². The zero-order valence-electron chi connectivity index (χ0n) is 13.8. The Morgan fingerprint density at radius 1 is 1.04 bits per heavy atom. The summed E-state index contributed by atoms with van der Waals surface area (Å²) in [6.45, 7) is 1.62. The maximum absolute atomic E-state index is 12.4. The average molecular weight is 366 g/mol. The largest absolute Gasteiger partial charge is 0.573 e. The van der Waals surface area contributed by atoms with Gasteiger partial charge in [0.2, 0.25) is 5.91 Å². The molecule has 0 radical (unpaired) electrons. The molecule has 1 atom stereocenters. The van der Waals surface area contributed by atoms with E-state index in [0.717, 1.165) is 6.07 Å². The third-order valence-corrected chi connectivity index (χ3v) is 3.29. The number of hydrogen-bond acceptors (Lipinski definition) is 3. The van der Waals surface area contributed by atoms with Gasteiger partial charge in [-0.1, -0.05) is 30.3 Å². The van der Waals surface area contributed by atoms with Crippen molar-refractivity contribution < 1.29 is 27.5 Å². The van der Waals surface area contributed by atoms with Crippen LogP contribution in [0.3, 0.4) is 0 Å². The summed E-state index contributed by atoms with van der Waals surface area (Å²) in [5.74, 6) is -1.40. The van der Waals surface area contributed by atoms with Crippen molar-refractivity contribution >= 4 is 17.5 Å². The van der Waals surface area contributed by atoms with Crippen LogP contribution in [0.4, 0.5) is 18.9 Å². The van der Waals surface area contributed by atoms with Crippen molar-refractivity contribution in [2.75, 3.05) is 5.32 Å². The monoisotopic (exact) mass is 366 g/mol. The molecule has 0 spiro atoms. The first-order chi connectivity index (χ1) is 12.2. The maximum atomic E-state index is 12.4. The van der Waals surface area contributed by atoms with Gasteiger partial charge in [0.15, 0.2) is 5.75 Å². The topological polar surface area (TPSA) is 67.4 Å². The molecule has 8 heteroatoms. The molecule has 5 nitrogen and oxygen atoms in total. The summed E-state index contributed by atoms with van der Waals surface area (Å²) >= 11 is 0. The number of anilines is 1. The first kappa shape index (κ1) is 19.3. The zero-order chi connectivity index (χ0) is 19.2. The smallest absolute Gasteiger partial charge is 0.404 e. The van der Waals surface area contributed by atoms with Gasteiger partial charge >= 0.3 is 6.36 Å². The van der Waals surface area contributed by atoms with E-state index in [1.807, 2.05) is 0 Å². The van der Waals surface area contributed by atoms with Crippen LogP contribution >= 0.6 is 0 Å². The van der Waals surface area contributed by atoms with Crippen LogP contribution in [0.25, 0.3) is 0 Å². The molecule has 0 saturated carbocycles. The molecule has 0 aromatic heterocycles. The minimum Gasteiger partial charge on any atom is -0.404 e. The fourth-order valence-electron chi connectivity index (χ4n) is 2.21. The first-order valence-corrected chi connectivity index (χ1v) is 7.75. The molecule has 26 heavy (non-hydrogen) atoms. The van der Waals surface area contributed by atoms with Crippen molar-refractivity contribution in [3.05, 3.63) is 60.2 Å². The second kappa shape index (κ2) is 8.37. The number of carbonyl (C=O) groups excluding carboxylic acids is 2. The molecule has 0 fully saturated rings. The molecule has 0 aliphatic rings. The van der Waals surface area contributed by atoms with Gasteiger partial charge in [0.25, 0.3) is 5.91 Å². The van der Waals surface area contributed by atoms with Crippen molar-refractivity contribution in [2.45, 2.75) is 25.7 Å². The Morgan fingerprint density at radius 2 is 1.65 bits per heavy atom. The first-order valence-electron chi connectivity index (χ1n) is 7.75. The van der Waals surface area contributed by atoms with Crippen LogP contribution in [-0.4, -0.2) is 24.2 Å². The molecule has 138 valence electrons. The van der Waals surface area contributed by atoms with E-state index >= 15 is 0 Å². The quantitative estimate of drug-likeness (QED) is 0.819. The minimum atomic E-state index is -4.86. The van der Waals surface area contributed by atoms with Gasteiger partial charge in [0, 0.05) is 18.0 Å². The van der Waals surface area contributed by atoms with Crippen molar-refractivity contribution in [1.29, 1.82) is 0 Å². The van der Waals surface area contributed by atoms with Gasteiger partial charge in [-0.2, -0.15) is 0 Å². The van der Waals surface area contributed by atoms with Crippen molar-refractivity contribution in [1.82, 2.24) is 5.32 Å². The SMILES string of the molecule is CC(CC(=O)Nc1ccccc1OC(F)(F)F)NC(=O)c1ccccc1. The molecule has 0 aliphatic heterocycles. The normalized spacial score (nSPS) is 12.2. The van der Waals surface area contributed by atoms with Crippen molar-refractivity contribution in [2.24, 2.45) is 0 Å². The highest BCUT2D eigenvalue weighted by atomic mass is 19.4. The third kappa shape index (κ3) is 6.12. The molecular weight excluding hydrogens is 349 g/mol. The molecule has 1 unspecified atom stereocenters. The Morgan fingerprint density at radius 3 is 2.31 bits per heavy atom. The Balaban J connectivity index is 1.93. The van der Waals surface area contributed by atoms with Gasteiger partial charge in [-0.05, 0) is 31.2 Å². The molecular formula is C18H17F3N2O3. The number of carbonyl (C=O) groups is 2. The van der Waals surface area contributed by atoms with Crippen LogP contribution in [0.2, 0.25) is 0 Å². The number of amides is 2. The minimum absolute atomic E-state index is 0.101. The summed E-state index contributed by atoms with van der Waals surface area (Å²) in [5, 5.41) is 5.02. The second-order valence-electron chi connectivity index (χ2n) is 5.54. The zero-order valence-corrected chi connectivity index (χ0v) is 13.8. The van der Waals surface area contributed by atoms with E-state index < -0.39 is 24.1 Å². The van der Waals surface area contributed by atoms with Crippen LogP contribution in [0.15, 0.2) is 54.6 Å². The van der Waals surface area contributed by atoms with Gasteiger partial charge < -0.3 is 15.4 Å². The Bertz CT molecular complexity index is 764. The maximum Gasteiger partial charge on any atom is 0.573 e. The van der Waals surface area contributed by atoms with Crippen LogP contribution in [-0.2, 0) is 4.79 Å². The Hall–Kier alpha value is -3.03. The summed E-state index contributed by atoms with van der Waals surface area (Å²) in [7, 11) is 0. The average Bonchev–Trinajstić information content (AvgIpc) is 2.56. The number of hydrogen-bond donors (Lipinski definition) is 2. The fraction of sp³-hybridized carbons (Fsp3) is 0.222. The van der Waals surface area contributed by atoms with Gasteiger partial charge in [0.1, 0.15) is 0 Å². The van der Waals surface area contributed by atoms with Crippen LogP contribution in [0.5, 0.6) is 5.75 Å². The molecule has 0 bridgehead atoms. The van der Waals surface area contributed by atoms with E-state index in [-0.39, 0.29) is 18.0 Å². The molecule has 2 amide bonds. The van der Waals surface area contributed by atoms with Gasteiger partial charge in [-0.3, -0.25) is 9.59 Å². The lowest BCUT2D eigenvalue weighted by atomic mass is 10.1. The highest BCUT2D eigenvalue weighted by Crippen LogP contribution is 2.29.